The fourth-order valence-electron chi connectivity index (χ4n) is 1.05. The zero-order valence-electron chi connectivity index (χ0n) is 6.46. The Hall–Kier alpha value is -0.350. The van der Waals surface area contributed by atoms with E-state index in [1.807, 2.05) is 18.4 Å². The van der Waals surface area contributed by atoms with Gasteiger partial charge in [0.15, 0.2) is 11.5 Å². The van der Waals surface area contributed by atoms with Crippen LogP contribution in [0.5, 0.6) is 11.5 Å². The van der Waals surface area contributed by atoms with E-state index in [0.29, 0.717) is 6.79 Å². The molecular weight excluding hydrogens is 240 g/mol. The van der Waals surface area contributed by atoms with Crippen LogP contribution in [0.4, 0.5) is 0 Å². The zero-order chi connectivity index (χ0) is 8.55. The van der Waals surface area contributed by atoms with Crippen molar-refractivity contribution in [3.63, 3.8) is 0 Å². The molecule has 0 saturated carbocycles. The SMILES string of the molecule is CSc1cc2c(cc1Br)OCO2. The van der Waals surface area contributed by atoms with Crippen LogP contribution in [0.25, 0.3) is 0 Å². The summed E-state index contributed by atoms with van der Waals surface area (Å²) in [4.78, 5) is 1.17. The molecular formula is C8H7BrO2S. The molecule has 1 heterocycles. The first kappa shape index (κ1) is 8.26. The first-order valence-corrected chi connectivity index (χ1v) is 5.46. The third-order valence-electron chi connectivity index (χ3n) is 1.65. The predicted molar refractivity (Wildman–Crippen MR) is 52.0 cm³/mol. The molecule has 2 rings (SSSR count). The summed E-state index contributed by atoms with van der Waals surface area (Å²) >= 11 is 5.13. The average molecular weight is 247 g/mol. The number of hydrogen-bond donors (Lipinski definition) is 0. The van der Waals surface area contributed by atoms with E-state index < -0.39 is 0 Å². The summed E-state index contributed by atoms with van der Waals surface area (Å²) in [6.07, 6.45) is 2.03. The lowest BCUT2D eigenvalue weighted by atomic mass is 10.3. The topological polar surface area (TPSA) is 18.5 Å². The van der Waals surface area contributed by atoms with Gasteiger partial charge in [-0.3, -0.25) is 0 Å². The lowest BCUT2D eigenvalue weighted by Gasteiger charge is -2.01. The fourth-order valence-corrected chi connectivity index (χ4v) is 2.34. The molecule has 4 heteroatoms. The van der Waals surface area contributed by atoms with E-state index in [4.69, 9.17) is 9.47 Å². The van der Waals surface area contributed by atoms with Crippen molar-refractivity contribution in [2.24, 2.45) is 0 Å². The van der Waals surface area contributed by atoms with Crippen molar-refractivity contribution in [3.05, 3.63) is 16.6 Å². The molecule has 1 aliphatic heterocycles. The summed E-state index contributed by atoms with van der Waals surface area (Å²) in [6, 6.07) is 3.92. The van der Waals surface area contributed by atoms with E-state index in [-0.39, 0.29) is 0 Å². The molecule has 64 valence electrons. The summed E-state index contributed by atoms with van der Waals surface area (Å²) < 4.78 is 11.5. The second-order valence-corrected chi connectivity index (χ2v) is 4.04. The Morgan fingerprint density at radius 3 is 2.67 bits per heavy atom. The molecule has 2 nitrogen and oxygen atoms in total. The van der Waals surface area contributed by atoms with Gasteiger partial charge >= 0.3 is 0 Å². The lowest BCUT2D eigenvalue weighted by Crippen LogP contribution is -1.92. The molecule has 1 aromatic carbocycles. The third-order valence-corrected chi connectivity index (χ3v) is 3.34. The van der Waals surface area contributed by atoms with Gasteiger partial charge in [-0.15, -0.1) is 11.8 Å². The van der Waals surface area contributed by atoms with Crippen molar-refractivity contribution in [2.45, 2.75) is 4.90 Å². The summed E-state index contributed by atoms with van der Waals surface area (Å²) in [5.74, 6) is 1.65. The molecule has 0 fully saturated rings. The summed E-state index contributed by atoms with van der Waals surface area (Å²) in [7, 11) is 0. The number of ether oxygens (including phenoxy) is 2. The number of fused-ring (bicyclic) bond motifs is 1. The van der Waals surface area contributed by atoms with Gasteiger partial charge in [0, 0.05) is 9.37 Å². The zero-order valence-corrected chi connectivity index (χ0v) is 8.87. The standard InChI is InChI=1S/C8H7BrO2S/c1-12-8-3-7-6(2-5(8)9)10-4-11-7/h2-3H,4H2,1H3. The number of thioether (sulfide) groups is 1. The van der Waals surface area contributed by atoms with Gasteiger partial charge in [-0.2, -0.15) is 0 Å². The van der Waals surface area contributed by atoms with Crippen molar-refractivity contribution in [3.8, 4) is 11.5 Å². The van der Waals surface area contributed by atoms with Gasteiger partial charge < -0.3 is 9.47 Å². The van der Waals surface area contributed by atoms with E-state index in [2.05, 4.69) is 15.9 Å². The van der Waals surface area contributed by atoms with Crippen molar-refractivity contribution in [2.75, 3.05) is 13.0 Å². The van der Waals surface area contributed by atoms with E-state index in [0.717, 1.165) is 16.0 Å². The Kier molecular flexibility index (Phi) is 2.19. The van der Waals surface area contributed by atoms with Crippen LogP contribution < -0.4 is 9.47 Å². The minimum Gasteiger partial charge on any atom is -0.454 e. The minimum atomic E-state index is 0.333. The molecule has 1 aromatic rings. The summed E-state index contributed by atoms with van der Waals surface area (Å²) in [5.41, 5.74) is 0. The van der Waals surface area contributed by atoms with Gasteiger partial charge in [0.1, 0.15) is 0 Å². The monoisotopic (exact) mass is 246 g/mol. The van der Waals surface area contributed by atoms with Gasteiger partial charge in [-0.25, -0.2) is 0 Å². The molecule has 0 amide bonds. The molecule has 0 aromatic heterocycles. The summed E-state index contributed by atoms with van der Waals surface area (Å²) in [5, 5.41) is 0. The Bertz CT molecular complexity index is 313. The molecule has 0 spiro atoms. The third kappa shape index (κ3) is 1.29. The quantitative estimate of drug-likeness (QED) is 0.711. The number of hydrogen-bond acceptors (Lipinski definition) is 3. The second-order valence-electron chi connectivity index (χ2n) is 2.34. The Morgan fingerprint density at radius 1 is 1.33 bits per heavy atom. The molecule has 0 N–H and O–H groups in total. The molecule has 1 aliphatic rings. The first-order valence-electron chi connectivity index (χ1n) is 3.44. The Labute approximate surface area is 83.4 Å². The summed E-state index contributed by atoms with van der Waals surface area (Å²) in [6.45, 7) is 0.333. The molecule has 0 saturated heterocycles. The highest BCUT2D eigenvalue weighted by atomic mass is 79.9. The Morgan fingerprint density at radius 2 is 2.00 bits per heavy atom. The van der Waals surface area contributed by atoms with Gasteiger partial charge in [0.25, 0.3) is 0 Å². The maximum absolute atomic E-state index is 5.24. The van der Waals surface area contributed by atoms with Crippen LogP contribution in [0.2, 0.25) is 0 Å². The van der Waals surface area contributed by atoms with Crippen LogP contribution in [-0.2, 0) is 0 Å². The van der Waals surface area contributed by atoms with Crippen molar-refractivity contribution in [1.29, 1.82) is 0 Å². The second kappa shape index (κ2) is 3.18. The van der Waals surface area contributed by atoms with E-state index in [1.165, 1.54) is 4.90 Å². The maximum atomic E-state index is 5.24. The highest BCUT2D eigenvalue weighted by molar-refractivity contribution is 9.10. The van der Waals surface area contributed by atoms with Crippen LogP contribution in [0.1, 0.15) is 0 Å². The molecule has 0 aliphatic carbocycles. The average Bonchev–Trinajstić information content (AvgIpc) is 2.49. The molecule has 0 bridgehead atoms. The highest BCUT2D eigenvalue weighted by Crippen LogP contribution is 2.39. The van der Waals surface area contributed by atoms with Crippen molar-refractivity contribution >= 4 is 27.7 Å². The van der Waals surface area contributed by atoms with E-state index >= 15 is 0 Å². The number of halogens is 1. The normalized spacial score (nSPS) is 13.5. The van der Waals surface area contributed by atoms with Crippen LogP contribution in [0.15, 0.2) is 21.5 Å². The van der Waals surface area contributed by atoms with Crippen LogP contribution in [0, 0.1) is 0 Å². The maximum Gasteiger partial charge on any atom is 0.231 e. The molecule has 0 unspecified atom stereocenters. The van der Waals surface area contributed by atoms with Crippen LogP contribution >= 0.6 is 27.7 Å². The largest absolute Gasteiger partial charge is 0.454 e. The smallest absolute Gasteiger partial charge is 0.231 e. The first-order chi connectivity index (χ1) is 5.81. The fraction of sp³-hybridized carbons (Fsp3) is 0.250. The van der Waals surface area contributed by atoms with Crippen LogP contribution in [0.3, 0.4) is 0 Å². The number of rotatable bonds is 1. The molecule has 0 radical (unpaired) electrons. The lowest BCUT2D eigenvalue weighted by molar-refractivity contribution is 0.174. The van der Waals surface area contributed by atoms with E-state index in [9.17, 15) is 0 Å². The predicted octanol–water partition coefficient (Wildman–Crippen LogP) is 2.90. The van der Waals surface area contributed by atoms with Gasteiger partial charge in [-0.1, -0.05) is 0 Å². The van der Waals surface area contributed by atoms with Crippen molar-refractivity contribution < 1.29 is 9.47 Å². The Balaban J connectivity index is 2.49. The molecule has 0 atom stereocenters. The van der Waals surface area contributed by atoms with Gasteiger partial charge in [0.05, 0.1) is 0 Å². The van der Waals surface area contributed by atoms with Crippen molar-refractivity contribution in [1.82, 2.24) is 0 Å². The molecule has 12 heavy (non-hydrogen) atoms. The highest BCUT2D eigenvalue weighted by Gasteiger charge is 2.15. The number of benzene rings is 1. The van der Waals surface area contributed by atoms with E-state index in [1.54, 1.807) is 11.8 Å². The minimum absolute atomic E-state index is 0.333. The van der Waals surface area contributed by atoms with Gasteiger partial charge in [-0.05, 0) is 34.3 Å². The van der Waals surface area contributed by atoms with Crippen LogP contribution in [-0.4, -0.2) is 13.0 Å². The van der Waals surface area contributed by atoms with Gasteiger partial charge in [0.2, 0.25) is 6.79 Å².